The second kappa shape index (κ2) is 7.00. The van der Waals surface area contributed by atoms with Gasteiger partial charge in [0.1, 0.15) is 5.69 Å². The van der Waals surface area contributed by atoms with Crippen LogP contribution in [0.15, 0.2) is 18.2 Å². The first kappa shape index (κ1) is 16.1. The SMILES string of the molecule is CC(CC(=O)O)CC(=O)Nc1ccc(C#N)cc1[N+](=O)[O-]. The van der Waals surface area contributed by atoms with Gasteiger partial charge in [-0.05, 0) is 18.1 Å². The van der Waals surface area contributed by atoms with Crippen LogP contribution in [0.5, 0.6) is 0 Å². The summed E-state index contributed by atoms with van der Waals surface area (Å²) >= 11 is 0. The van der Waals surface area contributed by atoms with Gasteiger partial charge in [-0.25, -0.2) is 0 Å². The molecule has 0 bridgehead atoms. The van der Waals surface area contributed by atoms with Gasteiger partial charge in [-0.15, -0.1) is 0 Å². The Labute approximate surface area is 120 Å². The van der Waals surface area contributed by atoms with Crippen LogP contribution in [0.4, 0.5) is 11.4 Å². The van der Waals surface area contributed by atoms with Gasteiger partial charge in [0, 0.05) is 18.9 Å². The van der Waals surface area contributed by atoms with Gasteiger partial charge in [0.15, 0.2) is 0 Å². The summed E-state index contributed by atoms with van der Waals surface area (Å²) in [6, 6.07) is 5.46. The molecule has 0 heterocycles. The van der Waals surface area contributed by atoms with Gasteiger partial charge >= 0.3 is 5.97 Å². The van der Waals surface area contributed by atoms with Crippen molar-refractivity contribution in [3.63, 3.8) is 0 Å². The summed E-state index contributed by atoms with van der Waals surface area (Å²) in [5.74, 6) is -1.92. The Morgan fingerprint density at radius 2 is 2.14 bits per heavy atom. The zero-order chi connectivity index (χ0) is 16.0. The maximum atomic E-state index is 11.7. The lowest BCUT2D eigenvalue weighted by atomic mass is 10.0. The lowest BCUT2D eigenvalue weighted by Gasteiger charge is -2.09. The summed E-state index contributed by atoms with van der Waals surface area (Å²) < 4.78 is 0. The summed E-state index contributed by atoms with van der Waals surface area (Å²) in [5, 5.41) is 30.6. The minimum atomic E-state index is -1.01. The number of benzene rings is 1. The number of nitro benzene ring substituents is 1. The number of nitrogens with zero attached hydrogens (tertiary/aromatic N) is 2. The van der Waals surface area contributed by atoms with Gasteiger partial charge in [0.25, 0.3) is 5.69 Å². The number of nitriles is 1. The number of nitrogens with one attached hydrogen (secondary N) is 1. The van der Waals surface area contributed by atoms with Crippen LogP contribution in [0.25, 0.3) is 0 Å². The van der Waals surface area contributed by atoms with Crippen molar-refractivity contribution in [1.29, 1.82) is 5.26 Å². The Morgan fingerprint density at radius 1 is 1.48 bits per heavy atom. The van der Waals surface area contributed by atoms with Crippen molar-refractivity contribution in [3.8, 4) is 6.07 Å². The minimum Gasteiger partial charge on any atom is -0.481 e. The van der Waals surface area contributed by atoms with E-state index in [1.807, 2.05) is 0 Å². The molecule has 8 nitrogen and oxygen atoms in total. The van der Waals surface area contributed by atoms with Gasteiger partial charge in [0.05, 0.1) is 16.6 Å². The molecule has 2 N–H and O–H groups in total. The molecule has 0 aliphatic rings. The molecule has 0 aromatic heterocycles. The predicted molar refractivity (Wildman–Crippen MR) is 72.5 cm³/mol. The Morgan fingerprint density at radius 3 is 2.67 bits per heavy atom. The van der Waals surface area contributed by atoms with Crippen LogP contribution in [0, 0.1) is 27.4 Å². The topological polar surface area (TPSA) is 133 Å². The number of carbonyl (C=O) groups excluding carboxylic acids is 1. The highest BCUT2D eigenvalue weighted by molar-refractivity contribution is 5.93. The van der Waals surface area contributed by atoms with E-state index in [9.17, 15) is 19.7 Å². The molecular formula is C13H13N3O5. The highest BCUT2D eigenvalue weighted by atomic mass is 16.6. The van der Waals surface area contributed by atoms with Crippen LogP contribution in [-0.4, -0.2) is 21.9 Å². The normalized spacial score (nSPS) is 11.2. The largest absolute Gasteiger partial charge is 0.481 e. The first-order valence-electron chi connectivity index (χ1n) is 6.03. The van der Waals surface area contributed by atoms with Crippen molar-refractivity contribution in [1.82, 2.24) is 0 Å². The van der Waals surface area contributed by atoms with Crippen LogP contribution in [-0.2, 0) is 9.59 Å². The molecular weight excluding hydrogens is 278 g/mol. The lowest BCUT2D eigenvalue weighted by Crippen LogP contribution is -2.17. The van der Waals surface area contributed by atoms with Crippen molar-refractivity contribution in [3.05, 3.63) is 33.9 Å². The van der Waals surface area contributed by atoms with E-state index in [0.29, 0.717) is 0 Å². The molecule has 1 amide bonds. The number of aliphatic carboxylic acids is 1. The summed E-state index contributed by atoms with van der Waals surface area (Å²) in [4.78, 5) is 32.5. The number of rotatable bonds is 6. The van der Waals surface area contributed by atoms with Crippen LogP contribution in [0.1, 0.15) is 25.3 Å². The summed E-state index contributed by atoms with van der Waals surface area (Å²) in [6.07, 6.45) is -0.230. The van der Waals surface area contributed by atoms with E-state index in [4.69, 9.17) is 10.4 Å². The zero-order valence-corrected chi connectivity index (χ0v) is 11.2. The molecule has 1 rings (SSSR count). The van der Waals surface area contributed by atoms with Crippen LogP contribution in [0.3, 0.4) is 0 Å². The highest BCUT2D eigenvalue weighted by Crippen LogP contribution is 2.25. The second-order valence-corrected chi connectivity index (χ2v) is 4.56. The van der Waals surface area contributed by atoms with E-state index in [1.165, 1.54) is 12.1 Å². The van der Waals surface area contributed by atoms with E-state index < -0.39 is 16.8 Å². The van der Waals surface area contributed by atoms with E-state index in [1.54, 1.807) is 13.0 Å². The standard InChI is InChI=1S/C13H13N3O5/c1-8(5-13(18)19)4-12(17)15-10-3-2-9(7-14)6-11(10)16(20)21/h2-3,6,8H,4-5H2,1H3,(H,15,17)(H,18,19). The quantitative estimate of drug-likeness (QED) is 0.607. The summed E-state index contributed by atoms with van der Waals surface area (Å²) in [5.41, 5.74) is -0.293. The number of carboxylic acids is 1. The minimum absolute atomic E-state index is 0.0217. The molecule has 0 aliphatic heterocycles. The van der Waals surface area contributed by atoms with Gasteiger partial charge in [-0.1, -0.05) is 6.92 Å². The molecule has 0 spiro atoms. The molecule has 0 aliphatic carbocycles. The third kappa shape index (κ3) is 4.91. The molecule has 1 unspecified atom stereocenters. The van der Waals surface area contributed by atoms with Crippen molar-refractivity contribution < 1.29 is 19.6 Å². The molecule has 8 heteroatoms. The Hall–Kier alpha value is -2.95. The summed E-state index contributed by atoms with van der Waals surface area (Å²) in [7, 11) is 0. The number of carboxylic acid groups (broad SMARTS) is 1. The molecule has 110 valence electrons. The molecule has 1 aromatic carbocycles. The van der Waals surface area contributed by atoms with E-state index in [2.05, 4.69) is 5.32 Å². The van der Waals surface area contributed by atoms with Crippen molar-refractivity contribution in [2.45, 2.75) is 19.8 Å². The third-order valence-electron chi connectivity index (χ3n) is 2.65. The van der Waals surface area contributed by atoms with E-state index in [-0.39, 0.29) is 35.7 Å². The molecule has 1 aromatic rings. The Kier molecular flexibility index (Phi) is 5.37. The summed E-state index contributed by atoms with van der Waals surface area (Å²) in [6.45, 7) is 1.60. The van der Waals surface area contributed by atoms with Gasteiger partial charge in [-0.3, -0.25) is 19.7 Å². The predicted octanol–water partition coefficient (Wildman–Crippen LogP) is 1.91. The molecule has 0 saturated heterocycles. The number of amides is 1. The fourth-order valence-corrected chi connectivity index (χ4v) is 1.75. The van der Waals surface area contributed by atoms with Crippen molar-refractivity contribution in [2.75, 3.05) is 5.32 Å². The van der Waals surface area contributed by atoms with Crippen molar-refractivity contribution >= 4 is 23.3 Å². The number of anilines is 1. The molecule has 21 heavy (non-hydrogen) atoms. The van der Waals surface area contributed by atoms with Gasteiger partial charge in [0.2, 0.25) is 5.91 Å². The fourth-order valence-electron chi connectivity index (χ4n) is 1.75. The van der Waals surface area contributed by atoms with Crippen LogP contribution < -0.4 is 5.32 Å². The van der Waals surface area contributed by atoms with Crippen molar-refractivity contribution in [2.24, 2.45) is 5.92 Å². The van der Waals surface area contributed by atoms with Crippen LogP contribution >= 0.6 is 0 Å². The van der Waals surface area contributed by atoms with Gasteiger partial charge < -0.3 is 10.4 Å². The third-order valence-corrected chi connectivity index (χ3v) is 2.65. The Bertz CT molecular complexity index is 621. The second-order valence-electron chi connectivity index (χ2n) is 4.56. The smallest absolute Gasteiger partial charge is 0.303 e. The number of hydrogen-bond donors (Lipinski definition) is 2. The first-order chi connectivity index (χ1) is 9.83. The molecule has 0 saturated carbocycles. The number of carbonyl (C=O) groups is 2. The molecule has 0 fully saturated rings. The zero-order valence-electron chi connectivity index (χ0n) is 11.2. The average molecular weight is 291 g/mol. The van der Waals surface area contributed by atoms with Gasteiger partial charge in [-0.2, -0.15) is 5.26 Å². The maximum Gasteiger partial charge on any atom is 0.303 e. The molecule has 1 atom stereocenters. The maximum absolute atomic E-state index is 11.7. The fraction of sp³-hybridized carbons (Fsp3) is 0.308. The van der Waals surface area contributed by atoms with E-state index in [0.717, 1.165) is 6.07 Å². The Balaban J connectivity index is 2.83. The molecule has 0 radical (unpaired) electrons. The number of hydrogen-bond acceptors (Lipinski definition) is 5. The monoisotopic (exact) mass is 291 g/mol. The van der Waals surface area contributed by atoms with Crippen LogP contribution in [0.2, 0.25) is 0 Å². The van der Waals surface area contributed by atoms with E-state index >= 15 is 0 Å². The highest BCUT2D eigenvalue weighted by Gasteiger charge is 2.18. The number of nitro groups is 1. The average Bonchev–Trinajstić information content (AvgIpc) is 2.37. The lowest BCUT2D eigenvalue weighted by molar-refractivity contribution is -0.384. The first-order valence-corrected chi connectivity index (χ1v) is 6.03.